The highest BCUT2D eigenvalue weighted by atomic mass is 35.5. The second kappa shape index (κ2) is 14.4. The summed E-state index contributed by atoms with van der Waals surface area (Å²) in [6.07, 6.45) is 6.09. The van der Waals surface area contributed by atoms with E-state index >= 15 is 0 Å². The van der Waals surface area contributed by atoms with Crippen molar-refractivity contribution in [3.63, 3.8) is 0 Å². The van der Waals surface area contributed by atoms with Gasteiger partial charge >= 0.3 is 0 Å². The first kappa shape index (κ1) is 29.1. The molecule has 0 spiro atoms. The summed E-state index contributed by atoms with van der Waals surface area (Å²) in [5, 5.41) is 4.67. The average molecular weight is 558 g/mol. The number of carbonyl (C=O) groups is 1. The zero-order valence-corrected chi connectivity index (χ0v) is 23.4. The number of nitrogens with one attached hydrogen (secondary N) is 2. The van der Waals surface area contributed by atoms with Crippen LogP contribution in [0.5, 0.6) is 5.75 Å². The van der Waals surface area contributed by atoms with E-state index in [2.05, 4.69) is 17.0 Å². The summed E-state index contributed by atoms with van der Waals surface area (Å²) in [5.74, 6) is 0.957. The summed E-state index contributed by atoms with van der Waals surface area (Å²) in [7, 11) is 1.68. The first-order chi connectivity index (χ1) is 17.3. The molecule has 2 fully saturated rings. The van der Waals surface area contributed by atoms with Crippen LogP contribution in [0.25, 0.3) is 0 Å². The van der Waals surface area contributed by atoms with Gasteiger partial charge in [-0.3, -0.25) is 9.52 Å². The summed E-state index contributed by atoms with van der Waals surface area (Å²) in [5.41, 5.74) is 2.20. The summed E-state index contributed by atoms with van der Waals surface area (Å²) >= 11 is 12.9. The number of carbonyl (C=O) groups excluding carboxylic acids is 1. The van der Waals surface area contributed by atoms with Crippen molar-refractivity contribution in [1.29, 1.82) is 0 Å². The van der Waals surface area contributed by atoms with E-state index < -0.39 is 5.82 Å². The van der Waals surface area contributed by atoms with Crippen LogP contribution in [0.4, 0.5) is 4.39 Å². The number of hydrogen-bond acceptors (Lipinski definition) is 5. The van der Waals surface area contributed by atoms with Gasteiger partial charge in [-0.2, -0.15) is 0 Å². The van der Waals surface area contributed by atoms with Gasteiger partial charge in [0.1, 0.15) is 11.6 Å². The molecule has 0 bridgehead atoms. The van der Waals surface area contributed by atoms with Crippen LogP contribution in [0.15, 0.2) is 30.3 Å². The topological polar surface area (TPSA) is 59.6 Å². The predicted octanol–water partition coefficient (Wildman–Crippen LogP) is 6.83. The molecule has 2 aromatic carbocycles. The molecule has 1 heterocycles. The van der Waals surface area contributed by atoms with Crippen LogP contribution in [0.1, 0.15) is 65.9 Å². The lowest BCUT2D eigenvalue weighted by Crippen LogP contribution is -2.30. The van der Waals surface area contributed by atoms with Crippen LogP contribution in [0, 0.1) is 11.7 Å². The Labute approximate surface area is 227 Å². The maximum absolute atomic E-state index is 14.3. The maximum atomic E-state index is 14.3. The highest BCUT2D eigenvalue weighted by molar-refractivity contribution is 7.97. The van der Waals surface area contributed by atoms with Gasteiger partial charge in [0.25, 0.3) is 5.91 Å². The number of hydrogen-bond donors (Lipinski definition) is 2. The van der Waals surface area contributed by atoms with E-state index in [1.54, 1.807) is 25.5 Å². The second-order valence-electron chi connectivity index (χ2n) is 9.34. The largest absolute Gasteiger partial charge is 0.493 e. The number of piperidine rings is 1. The Morgan fingerprint density at radius 3 is 2.39 bits per heavy atom. The molecule has 2 aromatic rings. The van der Waals surface area contributed by atoms with E-state index in [-0.39, 0.29) is 11.5 Å². The third kappa shape index (κ3) is 8.80. The Kier molecular flexibility index (Phi) is 11.6. The van der Waals surface area contributed by atoms with Crippen molar-refractivity contribution in [2.75, 3.05) is 39.7 Å². The third-order valence-corrected chi connectivity index (χ3v) is 7.19. The fourth-order valence-electron chi connectivity index (χ4n) is 4.19. The normalized spacial score (nSPS) is 16.6. The van der Waals surface area contributed by atoms with Crippen molar-refractivity contribution in [3.8, 4) is 5.75 Å². The Bertz CT molecular complexity index is 997. The first-order valence-electron chi connectivity index (χ1n) is 12.3. The van der Waals surface area contributed by atoms with Gasteiger partial charge in [-0.1, -0.05) is 42.1 Å². The molecular weight excluding hydrogens is 522 g/mol. The Morgan fingerprint density at radius 2 is 1.81 bits per heavy atom. The summed E-state index contributed by atoms with van der Waals surface area (Å²) in [6, 6.07) is 8.63. The molecule has 0 radical (unpaired) electrons. The summed E-state index contributed by atoms with van der Waals surface area (Å²) < 4.78 is 27.9. The molecule has 1 atom stereocenters. The van der Waals surface area contributed by atoms with E-state index in [0.29, 0.717) is 46.8 Å². The van der Waals surface area contributed by atoms with Gasteiger partial charge in [-0.05, 0) is 86.0 Å². The molecule has 9 heteroatoms. The van der Waals surface area contributed by atoms with E-state index in [0.717, 1.165) is 49.9 Å². The lowest BCUT2D eigenvalue weighted by Gasteiger charge is -2.23. The molecule has 1 saturated carbocycles. The minimum Gasteiger partial charge on any atom is -0.493 e. The fourth-order valence-corrected chi connectivity index (χ4v) is 5.03. The van der Waals surface area contributed by atoms with Gasteiger partial charge in [-0.25, -0.2) is 4.39 Å². The Morgan fingerprint density at radius 1 is 1.14 bits per heavy atom. The van der Waals surface area contributed by atoms with Gasteiger partial charge < -0.3 is 14.8 Å². The Hall–Kier alpha value is -1.51. The van der Waals surface area contributed by atoms with Crippen molar-refractivity contribution in [2.24, 2.45) is 5.92 Å². The molecule has 1 unspecified atom stereocenters. The number of methoxy groups -OCH3 is 1. The number of rotatable bonds is 9. The van der Waals surface area contributed by atoms with Crippen molar-refractivity contribution in [1.82, 2.24) is 10.0 Å². The van der Waals surface area contributed by atoms with Gasteiger partial charge in [0.15, 0.2) is 0 Å². The van der Waals surface area contributed by atoms with Gasteiger partial charge in [0, 0.05) is 35.4 Å². The molecule has 2 N–H and O–H groups in total. The maximum Gasteiger partial charge on any atom is 0.264 e. The van der Waals surface area contributed by atoms with Crippen LogP contribution in [0.3, 0.4) is 0 Å². The average Bonchev–Trinajstić information content (AvgIpc) is 3.69. The first-order valence-corrected chi connectivity index (χ1v) is 14.3. The highest BCUT2D eigenvalue weighted by Crippen LogP contribution is 2.45. The van der Waals surface area contributed by atoms with Gasteiger partial charge in [0.05, 0.1) is 18.8 Å². The molecule has 198 valence electrons. The standard InChI is InChI=1S/C17H23FN2O2S.C10H12Cl2O/c1-23-20-17(21)14-8-13(12-2-3-12)16(9-15(14)18)22-10-11-4-6-19-7-5-11;1-7(6-13-2)8-3-9(11)5-10(12)4-8/h8-9,11-12,19H,2-7,10H2,1H3,(H,20,21);3-5,7H,6H2,1-2H3. The molecular formula is C27H35Cl2FN2O3S. The van der Waals surface area contributed by atoms with E-state index in [9.17, 15) is 9.18 Å². The zero-order chi connectivity index (χ0) is 26.1. The SMILES string of the molecule is COCC(C)c1cc(Cl)cc(Cl)c1.CSNC(=O)c1cc(C2CC2)c(OCC2CCNCC2)cc1F. The van der Waals surface area contributed by atoms with Crippen molar-refractivity contribution >= 4 is 41.1 Å². The highest BCUT2D eigenvalue weighted by Gasteiger charge is 2.29. The van der Waals surface area contributed by atoms with Crippen LogP contribution in [0.2, 0.25) is 10.0 Å². The molecule has 1 aliphatic heterocycles. The minimum atomic E-state index is -0.513. The molecule has 5 nitrogen and oxygen atoms in total. The predicted molar refractivity (Wildman–Crippen MR) is 147 cm³/mol. The van der Waals surface area contributed by atoms with E-state index in [1.807, 2.05) is 12.1 Å². The quantitative estimate of drug-likeness (QED) is 0.331. The van der Waals surface area contributed by atoms with Crippen LogP contribution < -0.4 is 14.8 Å². The van der Waals surface area contributed by atoms with Crippen LogP contribution in [-0.4, -0.2) is 45.6 Å². The smallest absolute Gasteiger partial charge is 0.264 e. The number of benzene rings is 2. The van der Waals surface area contributed by atoms with Crippen molar-refractivity contribution < 1.29 is 18.7 Å². The van der Waals surface area contributed by atoms with Crippen molar-refractivity contribution in [2.45, 2.75) is 44.4 Å². The molecule has 1 aliphatic carbocycles. The zero-order valence-electron chi connectivity index (χ0n) is 21.0. The Balaban J connectivity index is 0.000000236. The molecule has 2 aliphatic rings. The molecule has 0 aromatic heterocycles. The lowest BCUT2D eigenvalue weighted by atomic mass is 9.99. The molecule has 36 heavy (non-hydrogen) atoms. The van der Waals surface area contributed by atoms with E-state index in [1.165, 1.54) is 18.0 Å². The minimum absolute atomic E-state index is 0.107. The van der Waals surface area contributed by atoms with Gasteiger partial charge in [-0.15, -0.1) is 0 Å². The molecule has 4 rings (SSSR count). The monoisotopic (exact) mass is 556 g/mol. The summed E-state index contributed by atoms with van der Waals surface area (Å²) in [6.45, 7) is 5.41. The van der Waals surface area contributed by atoms with Crippen LogP contribution >= 0.6 is 35.1 Å². The lowest BCUT2D eigenvalue weighted by molar-refractivity contribution is 0.0980. The van der Waals surface area contributed by atoms with Crippen LogP contribution in [-0.2, 0) is 4.74 Å². The summed E-state index contributed by atoms with van der Waals surface area (Å²) in [4.78, 5) is 12.0. The third-order valence-electron chi connectivity index (χ3n) is 6.36. The second-order valence-corrected chi connectivity index (χ2v) is 10.8. The molecule has 1 saturated heterocycles. The van der Waals surface area contributed by atoms with Gasteiger partial charge in [0.2, 0.25) is 0 Å². The number of halogens is 3. The van der Waals surface area contributed by atoms with Crippen molar-refractivity contribution in [3.05, 3.63) is 62.9 Å². The number of amides is 1. The number of ether oxygens (including phenoxy) is 2. The fraction of sp³-hybridized carbons (Fsp3) is 0.519. The van der Waals surface area contributed by atoms with E-state index in [4.69, 9.17) is 32.7 Å². The molecule has 1 amide bonds.